The van der Waals surface area contributed by atoms with Crippen LogP contribution in [0.15, 0.2) is 48.7 Å². The van der Waals surface area contributed by atoms with Crippen molar-refractivity contribution in [2.75, 3.05) is 19.3 Å². The number of aliphatic carboxylic acids is 1. The van der Waals surface area contributed by atoms with Crippen molar-refractivity contribution in [3.8, 4) is 17.0 Å². The molecule has 3 aliphatic rings. The standard InChI is InChI=1S/C31H30F4N2O3S/c1-41-37-8-6-18(7-9-37)17-2-4-19(5-3-17)22-11-21(27(32)14-26(22)31(33,34)35)16-40-28-12-20-10-23-24(13-29(38)39)30(23)25(20)15-36-28/h2-5,11-12,14-15,18,23-24,30H,6-10,13,16H2,1H3,(H,38,39). The fraction of sp³-hybridized carbons (Fsp3) is 0.419. The quantitative estimate of drug-likeness (QED) is 0.221. The number of aromatic nitrogens is 1. The third-order valence-corrected chi connectivity index (χ3v) is 9.71. The van der Waals surface area contributed by atoms with Crippen molar-refractivity contribution in [2.24, 2.45) is 11.8 Å². The summed E-state index contributed by atoms with van der Waals surface area (Å²) < 4.78 is 64.8. The zero-order chi connectivity index (χ0) is 28.9. The molecule has 2 aromatic carbocycles. The fourth-order valence-electron chi connectivity index (χ4n) is 6.62. The number of carboxylic acids is 1. The number of nitrogens with zero attached hydrogens (tertiary/aromatic N) is 2. The van der Waals surface area contributed by atoms with Gasteiger partial charge in [-0.2, -0.15) is 13.2 Å². The van der Waals surface area contributed by atoms with Gasteiger partial charge in [0.05, 0.1) is 5.56 Å². The molecule has 1 aromatic heterocycles. The Bertz CT molecular complexity index is 1450. The number of benzene rings is 2. The monoisotopic (exact) mass is 586 g/mol. The van der Waals surface area contributed by atoms with Crippen LogP contribution in [-0.2, 0) is 24.0 Å². The third-order valence-electron chi connectivity index (χ3n) is 8.83. The highest BCUT2D eigenvalue weighted by atomic mass is 32.2. The first-order valence-electron chi connectivity index (χ1n) is 13.7. The van der Waals surface area contributed by atoms with Gasteiger partial charge in [-0.25, -0.2) is 9.37 Å². The summed E-state index contributed by atoms with van der Waals surface area (Å²) in [4.78, 5) is 15.4. The Labute approximate surface area is 240 Å². The zero-order valence-electron chi connectivity index (χ0n) is 22.5. The van der Waals surface area contributed by atoms with E-state index in [-0.39, 0.29) is 41.9 Å². The molecule has 2 fully saturated rings. The van der Waals surface area contributed by atoms with Crippen molar-refractivity contribution in [2.45, 2.75) is 50.3 Å². The summed E-state index contributed by atoms with van der Waals surface area (Å²) in [5, 5.41) is 9.08. The average molecular weight is 587 g/mol. The second-order valence-corrected chi connectivity index (χ2v) is 12.0. The molecule has 1 saturated carbocycles. The largest absolute Gasteiger partial charge is 0.481 e. The van der Waals surface area contributed by atoms with E-state index in [0.717, 1.165) is 49.0 Å². The van der Waals surface area contributed by atoms with Crippen molar-refractivity contribution >= 4 is 17.9 Å². The summed E-state index contributed by atoms with van der Waals surface area (Å²) in [6, 6.07) is 10.7. The summed E-state index contributed by atoms with van der Waals surface area (Å²) in [5.74, 6) is -0.542. The Kier molecular flexibility index (Phi) is 7.48. The first-order chi connectivity index (χ1) is 19.6. The van der Waals surface area contributed by atoms with E-state index in [1.165, 1.54) is 6.07 Å². The smallest absolute Gasteiger partial charge is 0.417 e. The molecule has 0 bridgehead atoms. The second-order valence-electron chi connectivity index (χ2n) is 11.2. The minimum Gasteiger partial charge on any atom is -0.481 e. The lowest BCUT2D eigenvalue weighted by Gasteiger charge is -2.30. The summed E-state index contributed by atoms with van der Waals surface area (Å²) in [7, 11) is 0. The van der Waals surface area contributed by atoms with E-state index in [1.807, 2.05) is 12.1 Å². The summed E-state index contributed by atoms with van der Waals surface area (Å²) >= 11 is 1.72. The minimum absolute atomic E-state index is 0.00758. The van der Waals surface area contributed by atoms with Gasteiger partial charge in [-0.3, -0.25) is 9.10 Å². The number of ether oxygens (including phenoxy) is 1. The lowest BCUT2D eigenvalue weighted by molar-refractivity contribution is -0.138. The second kappa shape index (κ2) is 10.9. The fourth-order valence-corrected chi connectivity index (χ4v) is 7.20. The number of halogens is 4. The van der Waals surface area contributed by atoms with Gasteiger partial charge in [-0.05, 0) is 89.1 Å². The molecule has 3 unspecified atom stereocenters. The SMILES string of the molecule is CSN1CCC(c2ccc(-c3cc(COc4cc5c(cn4)C4C(CC(=O)O)C4C5)c(F)cc3C(F)(F)F)cc2)CC1. The molecule has 216 valence electrons. The van der Waals surface area contributed by atoms with Crippen molar-refractivity contribution in [3.05, 3.63) is 82.3 Å². The van der Waals surface area contributed by atoms with Crippen LogP contribution in [0, 0.1) is 17.7 Å². The summed E-state index contributed by atoms with van der Waals surface area (Å²) in [6.07, 6.45) is 1.88. The number of alkyl halides is 3. The molecule has 2 heterocycles. The lowest BCUT2D eigenvalue weighted by atomic mass is 9.88. The van der Waals surface area contributed by atoms with Crippen LogP contribution in [0.4, 0.5) is 17.6 Å². The molecule has 41 heavy (non-hydrogen) atoms. The Balaban J connectivity index is 1.19. The molecule has 3 atom stereocenters. The van der Waals surface area contributed by atoms with E-state index in [9.17, 15) is 22.4 Å². The Morgan fingerprint density at radius 2 is 1.88 bits per heavy atom. The maximum absolute atomic E-state index is 14.9. The topological polar surface area (TPSA) is 62.7 Å². The number of carboxylic acid groups (broad SMARTS) is 1. The van der Waals surface area contributed by atoms with Crippen LogP contribution < -0.4 is 4.74 Å². The van der Waals surface area contributed by atoms with Crippen molar-refractivity contribution in [3.63, 3.8) is 0 Å². The van der Waals surface area contributed by atoms with E-state index in [2.05, 4.69) is 15.5 Å². The van der Waals surface area contributed by atoms with Gasteiger partial charge in [-0.15, -0.1) is 0 Å². The average Bonchev–Trinajstić information content (AvgIpc) is 3.45. The van der Waals surface area contributed by atoms with Crippen molar-refractivity contribution < 1.29 is 32.2 Å². The number of rotatable bonds is 8. The van der Waals surface area contributed by atoms with Crippen LogP contribution in [0.3, 0.4) is 0 Å². The molecule has 1 saturated heterocycles. The molecule has 6 rings (SSSR count). The minimum atomic E-state index is -4.72. The van der Waals surface area contributed by atoms with Crippen LogP contribution in [0.1, 0.15) is 58.9 Å². The molecule has 1 aliphatic heterocycles. The van der Waals surface area contributed by atoms with Crippen LogP contribution >= 0.6 is 11.9 Å². The lowest BCUT2D eigenvalue weighted by Crippen LogP contribution is -2.27. The van der Waals surface area contributed by atoms with E-state index < -0.39 is 23.5 Å². The Hall–Kier alpha value is -3.11. The molecular formula is C31H30F4N2O3S. The van der Waals surface area contributed by atoms with Crippen molar-refractivity contribution in [1.29, 1.82) is 0 Å². The van der Waals surface area contributed by atoms with E-state index in [1.54, 1.807) is 36.3 Å². The van der Waals surface area contributed by atoms with Crippen LogP contribution in [0.25, 0.3) is 11.1 Å². The number of carbonyl (C=O) groups is 1. The maximum atomic E-state index is 14.9. The highest BCUT2D eigenvalue weighted by molar-refractivity contribution is 7.96. The number of hydrogen-bond donors (Lipinski definition) is 1. The van der Waals surface area contributed by atoms with E-state index in [4.69, 9.17) is 9.84 Å². The first-order valence-corrected chi connectivity index (χ1v) is 14.9. The van der Waals surface area contributed by atoms with Crippen LogP contribution in [0.5, 0.6) is 5.88 Å². The molecule has 0 spiro atoms. The zero-order valence-corrected chi connectivity index (χ0v) is 23.3. The Morgan fingerprint density at radius 1 is 1.15 bits per heavy atom. The third kappa shape index (κ3) is 5.68. The van der Waals surface area contributed by atoms with E-state index >= 15 is 0 Å². The van der Waals surface area contributed by atoms with Gasteiger partial charge in [0.15, 0.2) is 0 Å². The molecule has 5 nitrogen and oxygen atoms in total. The van der Waals surface area contributed by atoms with Gasteiger partial charge in [0, 0.05) is 37.3 Å². The highest BCUT2D eigenvalue weighted by Crippen LogP contribution is 2.62. The van der Waals surface area contributed by atoms with Crippen LogP contribution in [-0.4, -0.2) is 39.7 Å². The predicted octanol–water partition coefficient (Wildman–Crippen LogP) is 7.30. The molecule has 10 heteroatoms. The van der Waals surface area contributed by atoms with Crippen LogP contribution in [0.2, 0.25) is 0 Å². The predicted molar refractivity (Wildman–Crippen MR) is 148 cm³/mol. The molecule has 1 N–H and O–H groups in total. The summed E-state index contributed by atoms with van der Waals surface area (Å²) in [5.41, 5.74) is 2.42. The van der Waals surface area contributed by atoms with Gasteiger partial charge in [0.1, 0.15) is 12.4 Å². The van der Waals surface area contributed by atoms with Gasteiger partial charge in [-0.1, -0.05) is 36.2 Å². The molecular weight excluding hydrogens is 556 g/mol. The molecule has 0 radical (unpaired) electrons. The van der Waals surface area contributed by atoms with Gasteiger partial charge in [0.2, 0.25) is 5.88 Å². The Morgan fingerprint density at radius 3 is 2.54 bits per heavy atom. The maximum Gasteiger partial charge on any atom is 0.417 e. The molecule has 0 amide bonds. The van der Waals surface area contributed by atoms with Gasteiger partial charge < -0.3 is 9.84 Å². The number of fused-ring (bicyclic) bond motifs is 3. The van der Waals surface area contributed by atoms with E-state index in [0.29, 0.717) is 23.5 Å². The normalized spacial score (nSPS) is 22.3. The van der Waals surface area contributed by atoms with Crippen molar-refractivity contribution in [1.82, 2.24) is 9.29 Å². The molecule has 2 aliphatic carbocycles. The highest BCUT2D eigenvalue weighted by Gasteiger charge is 2.56. The number of pyridine rings is 1. The number of piperidine rings is 1. The van der Waals surface area contributed by atoms with Gasteiger partial charge in [0.25, 0.3) is 0 Å². The first kappa shape index (κ1) is 28.0. The van der Waals surface area contributed by atoms with Gasteiger partial charge >= 0.3 is 12.1 Å². The summed E-state index contributed by atoms with van der Waals surface area (Å²) in [6.45, 7) is 1.67. The molecule has 3 aromatic rings. The number of hydrogen-bond acceptors (Lipinski definition) is 5.